The lowest BCUT2D eigenvalue weighted by Crippen LogP contribution is -2.17. The van der Waals surface area contributed by atoms with Crippen LogP contribution in [0, 0.1) is 0 Å². The molecule has 0 atom stereocenters. The summed E-state index contributed by atoms with van der Waals surface area (Å²) in [6.07, 6.45) is 1.61. The van der Waals surface area contributed by atoms with Crippen molar-refractivity contribution in [3.05, 3.63) is 70.2 Å². The number of amides is 1. The highest BCUT2D eigenvalue weighted by molar-refractivity contribution is 9.10. The van der Waals surface area contributed by atoms with Gasteiger partial charge in [-0.3, -0.25) is 4.79 Å². The van der Waals surface area contributed by atoms with Gasteiger partial charge < -0.3 is 9.47 Å². The lowest BCUT2D eigenvalue weighted by atomic mass is 10.0. The summed E-state index contributed by atoms with van der Waals surface area (Å²) in [5, 5.41) is 6.13. The number of carbonyl (C=O) groups is 1. The Morgan fingerprint density at radius 2 is 1.75 bits per heavy atom. The van der Waals surface area contributed by atoms with Crippen molar-refractivity contribution in [3.63, 3.8) is 0 Å². The number of hydrazone groups is 1. The second-order valence-corrected chi connectivity index (χ2v) is 6.85. The van der Waals surface area contributed by atoms with Gasteiger partial charge in [0.15, 0.2) is 0 Å². The van der Waals surface area contributed by atoms with Gasteiger partial charge in [0.25, 0.3) is 5.91 Å². The van der Waals surface area contributed by atoms with E-state index < -0.39 is 0 Å². The number of fused-ring (bicyclic) bond motifs is 1. The molecule has 0 aliphatic carbocycles. The Bertz CT molecular complexity index is 995. The Morgan fingerprint density at radius 3 is 2.46 bits per heavy atom. The number of nitrogens with zero attached hydrogens (tertiary/aromatic N) is 1. The average Bonchev–Trinajstić information content (AvgIpc) is 2.70. The van der Waals surface area contributed by atoms with Gasteiger partial charge in [-0.2, -0.15) is 5.10 Å². The number of carbonyl (C=O) groups excluding carboxylic acids is 1. The van der Waals surface area contributed by atoms with Crippen LogP contribution in [0.1, 0.15) is 29.8 Å². The molecule has 0 saturated carbocycles. The monoisotopic (exact) mass is 440 g/mol. The van der Waals surface area contributed by atoms with Gasteiger partial charge in [0, 0.05) is 15.6 Å². The maximum absolute atomic E-state index is 12.3. The van der Waals surface area contributed by atoms with Crippen LogP contribution in [0.15, 0.2) is 64.2 Å². The number of rotatable bonds is 7. The molecule has 1 N–H and O–H groups in total. The normalized spacial score (nSPS) is 11.0. The number of ether oxygens (including phenoxy) is 2. The molecule has 5 nitrogen and oxygen atoms in total. The number of nitrogens with one attached hydrogen (secondary N) is 1. The third-order valence-corrected chi connectivity index (χ3v) is 4.60. The van der Waals surface area contributed by atoms with E-state index >= 15 is 0 Å². The highest BCUT2D eigenvalue weighted by Gasteiger charge is 2.09. The van der Waals surface area contributed by atoms with E-state index in [1.165, 1.54) is 0 Å². The van der Waals surface area contributed by atoms with Crippen molar-refractivity contribution in [2.45, 2.75) is 13.8 Å². The molecule has 3 aromatic rings. The smallest absolute Gasteiger partial charge is 0.271 e. The van der Waals surface area contributed by atoms with Gasteiger partial charge in [-0.1, -0.05) is 28.1 Å². The maximum atomic E-state index is 12.3. The van der Waals surface area contributed by atoms with Gasteiger partial charge in [0.2, 0.25) is 0 Å². The van der Waals surface area contributed by atoms with Crippen molar-refractivity contribution in [2.24, 2.45) is 5.10 Å². The number of halogens is 1. The van der Waals surface area contributed by atoms with Gasteiger partial charge in [0.1, 0.15) is 11.5 Å². The van der Waals surface area contributed by atoms with Crippen molar-refractivity contribution in [1.82, 2.24) is 5.43 Å². The van der Waals surface area contributed by atoms with Crippen molar-refractivity contribution < 1.29 is 14.3 Å². The first kappa shape index (κ1) is 19.9. The Labute approximate surface area is 172 Å². The second-order valence-electron chi connectivity index (χ2n) is 5.93. The molecular formula is C22H21BrN2O3. The predicted molar refractivity (Wildman–Crippen MR) is 115 cm³/mol. The standard InChI is InChI=1S/C22H21BrN2O3/c1-3-27-18-11-7-15-8-12-21(28-4-2)20(19(15)13-18)14-24-25-22(26)16-5-9-17(23)10-6-16/h5-14H,3-4H2,1-2H3,(H,25,26)/b24-14+. The molecule has 6 heteroatoms. The number of hydrogen-bond acceptors (Lipinski definition) is 4. The molecule has 0 spiro atoms. The second kappa shape index (κ2) is 9.37. The molecule has 144 valence electrons. The van der Waals surface area contributed by atoms with E-state index in [1.54, 1.807) is 18.3 Å². The van der Waals surface area contributed by atoms with Gasteiger partial charge in [-0.15, -0.1) is 0 Å². The molecule has 3 rings (SSSR count). The van der Waals surface area contributed by atoms with E-state index in [4.69, 9.17) is 9.47 Å². The summed E-state index contributed by atoms with van der Waals surface area (Å²) in [6.45, 7) is 4.99. The Kier molecular flexibility index (Phi) is 6.66. The molecular weight excluding hydrogens is 420 g/mol. The molecule has 0 saturated heterocycles. The SMILES string of the molecule is CCOc1ccc2ccc(OCC)c(/C=N/NC(=O)c3ccc(Br)cc3)c2c1. The summed E-state index contributed by atoms with van der Waals surface area (Å²) in [5.41, 5.74) is 3.89. The number of benzene rings is 3. The highest BCUT2D eigenvalue weighted by atomic mass is 79.9. The Hall–Kier alpha value is -2.86. The van der Waals surface area contributed by atoms with Crippen LogP contribution < -0.4 is 14.9 Å². The minimum Gasteiger partial charge on any atom is -0.494 e. The van der Waals surface area contributed by atoms with E-state index in [9.17, 15) is 4.79 Å². The zero-order valence-corrected chi connectivity index (χ0v) is 17.3. The van der Waals surface area contributed by atoms with Crippen molar-refractivity contribution in [1.29, 1.82) is 0 Å². The molecule has 28 heavy (non-hydrogen) atoms. The van der Waals surface area contributed by atoms with Crippen molar-refractivity contribution >= 4 is 38.8 Å². The molecule has 0 heterocycles. The fourth-order valence-electron chi connectivity index (χ4n) is 2.79. The summed E-state index contributed by atoms with van der Waals surface area (Å²) in [7, 11) is 0. The minimum atomic E-state index is -0.281. The van der Waals surface area contributed by atoms with Crippen LogP contribution in [0.5, 0.6) is 11.5 Å². The van der Waals surface area contributed by atoms with Crippen LogP contribution in [0.4, 0.5) is 0 Å². The molecule has 0 fully saturated rings. The molecule has 0 radical (unpaired) electrons. The summed E-state index contributed by atoms with van der Waals surface area (Å²) in [6, 6.07) is 16.9. The first-order chi connectivity index (χ1) is 13.6. The topological polar surface area (TPSA) is 59.9 Å². The van der Waals surface area contributed by atoms with Crippen LogP contribution in [0.25, 0.3) is 10.8 Å². The van der Waals surface area contributed by atoms with Gasteiger partial charge in [-0.25, -0.2) is 5.43 Å². The van der Waals surface area contributed by atoms with Crippen LogP contribution in [-0.4, -0.2) is 25.3 Å². The van der Waals surface area contributed by atoms with E-state index in [2.05, 4.69) is 26.5 Å². The molecule has 0 aromatic heterocycles. The quantitative estimate of drug-likeness (QED) is 0.407. The van der Waals surface area contributed by atoms with Crippen molar-refractivity contribution in [2.75, 3.05) is 13.2 Å². The fourth-order valence-corrected chi connectivity index (χ4v) is 3.06. The van der Waals surface area contributed by atoms with E-state index in [-0.39, 0.29) is 5.91 Å². The van der Waals surface area contributed by atoms with Gasteiger partial charge in [0.05, 0.1) is 19.4 Å². The summed E-state index contributed by atoms with van der Waals surface area (Å²) < 4.78 is 12.3. The first-order valence-corrected chi connectivity index (χ1v) is 9.83. The lowest BCUT2D eigenvalue weighted by molar-refractivity contribution is 0.0955. The van der Waals surface area contributed by atoms with Crippen LogP contribution in [0.2, 0.25) is 0 Å². The minimum absolute atomic E-state index is 0.281. The summed E-state index contributed by atoms with van der Waals surface area (Å²) in [4.78, 5) is 12.3. The maximum Gasteiger partial charge on any atom is 0.271 e. The van der Waals surface area contributed by atoms with Crippen molar-refractivity contribution in [3.8, 4) is 11.5 Å². The zero-order valence-electron chi connectivity index (χ0n) is 15.7. The first-order valence-electron chi connectivity index (χ1n) is 9.03. The predicted octanol–water partition coefficient (Wildman–Crippen LogP) is 5.16. The average molecular weight is 441 g/mol. The Morgan fingerprint density at radius 1 is 1.04 bits per heavy atom. The van der Waals surface area contributed by atoms with E-state index in [0.717, 1.165) is 26.6 Å². The largest absolute Gasteiger partial charge is 0.494 e. The zero-order chi connectivity index (χ0) is 19.9. The third kappa shape index (κ3) is 4.70. The van der Waals surface area contributed by atoms with Crippen LogP contribution in [-0.2, 0) is 0 Å². The molecule has 3 aromatic carbocycles. The molecule has 0 aliphatic heterocycles. The van der Waals surface area contributed by atoms with Gasteiger partial charge >= 0.3 is 0 Å². The molecule has 0 aliphatic rings. The number of hydrogen-bond donors (Lipinski definition) is 1. The van der Waals surface area contributed by atoms with Crippen LogP contribution >= 0.6 is 15.9 Å². The fraction of sp³-hybridized carbons (Fsp3) is 0.182. The molecule has 1 amide bonds. The summed E-state index contributed by atoms with van der Waals surface area (Å²) >= 11 is 3.35. The Balaban J connectivity index is 1.91. The van der Waals surface area contributed by atoms with E-state index in [1.807, 2.05) is 56.3 Å². The third-order valence-electron chi connectivity index (χ3n) is 4.07. The van der Waals surface area contributed by atoms with E-state index in [0.29, 0.717) is 24.5 Å². The van der Waals surface area contributed by atoms with Crippen LogP contribution in [0.3, 0.4) is 0 Å². The highest BCUT2D eigenvalue weighted by Crippen LogP contribution is 2.30. The lowest BCUT2D eigenvalue weighted by Gasteiger charge is -2.12. The van der Waals surface area contributed by atoms with Gasteiger partial charge in [-0.05, 0) is 67.1 Å². The molecule has 0 bridgehead atoms. The summed E-state index contributed by atoms with van der Waals surface area (Å²) in [5.74, 6) is 1.19. The molecule has 0 unspecified atom stereocenters.